The average molecular weight is 307 g/mol. The first-order valence-electron chi connectivity index (χ1n) is 4.64. The van der Waals surface area contributed by atoms with Crippen LogP contribution < -0.4 is 5.73 Å². The van der Waals surface area contributed by atoms with E-state index in [2.05, 4.69) is 28.5 Å². The summed E-state index contributed by atoms with van der Waals surface area (Å²) in [5.41, 5.74) is 4.56. The van der Waals surface area contributed by atoms with Crippen LogP contribution in [0.5, 0.6) is 0 Å². The van der Waals surface area contributed by atoms with Gasteiger partial charge in [0.15, 0.2) is 0 Å². The third-order valence-corrected chi connectivity index (χ3v) is 3.55. The normalized spacial score (nSPS) is 31.9. The summed E-state index contributed by atoms with van der Waals surface area (Å²) < 4.78 is 5.70. The van der Waals surface area contributed by atoms with E-state index in [4.69, 9.17) is 16.9 Å². The van der Waals surface area contributed by atoms with Gasteiger partial charge in [0.25, 0.3) is 0 Å². The van der Waals surface area contributed by atoms with Crippen LogP contribution in [0, 0.1) is 12.3 Å². The van der Waals surface area contributed by atoms with E-state index < -0.39 is 11.7 Å². The zero-order valence-corrected chi connectivity index (χ0v) is 10.1. The molecular formula is C10H14INO2. The molecule has 0 bridgehead atoms. The summed E-state index contributed by atoms with van der Waals surface area (Å²) in [7, 11) is 0. The van der Waals surface area contributed by atoms with Crippen molar-refractivity contribution < 1.29 is 9.53 Å². The molecule has 2 N–H and O–H groups in total. The lowest BCUT2D eigenvalue weighted by atomic mass is 9.82. The monoisotopic (exact) mass is 307 g/mol. The van der Waals surface area contributed by atoms with Crippen molar-refractivity contribution in [3.63, 3.8) is 0 Å². The zero-order chi connectivity index (χ0) is 10.6. The number of primary amides is 1. The molecule has 0 saturated heterocycles. The van der Waals surface area contributed by atoms with Gasteiger partial charge in [0.1, 0.15) is 5.60 Å². The molecule has 1 aliphatic rings. The van der Waals surface area contributed by atoms with E-state index in [0.29, 0.717) is 10.3 Å². The van der Waals surface area contributed by atoms with E-state index in [1.807, 2.05) is 0 Å². The van der Waals surface area contributed by atoms with Crippen LogP contribution in [0.4, 0.5) is 4.79 Å². The number of hydrogen-bond donors (Lipinski definition) is 1. The van der Waals surface area contributed by atoms with Crippen LogP contribution in [0.15, 0.2) is 0 Å². The molecule has 4 heteroatoms. The van der Waals surface area contributed by atoms with Gasteiger partial charge >= 0.3 is 6.09 Å². The Morgan fingerprint density at radius 1 is 1.79 bits per heavy atom. The van der Waals surface area contributed by atoms with E-state index in [0.717, 1.165) is 25.7 Å². The van der Waals surface area contributed by atoms with Gasteiger partial charge in [-0.3, -0.25) is 0 Å². The van der Waals surface area contributed by atoms with Crippen molar-refractivity contribution in [3.05, 3.63) is 0 Å². The number of carbonyl (C=O) groups excluding carboxylic acids is 1. The first-order chi connectivity index (χ1) is 6.58. The zero-order valence-electron chi connectivity index (χ0n) is 7.96. The van der Waals surface area contributed by atoms with Gasteiger partial charge in [-0.25, -0.2) is 4.79 Å². The number of hydrogen-bond acceptors (Lipinski definition) is 2. The molecule has 78 valence electrons. The summed E-state index contributed by atoms with van der Waals surface area (Å²) in [6.07, 6.45) is 8.89. The predicted molar refractivity (Wildman–Crippen MR) is 63.1 cm³/mol. The van der Waals surface area contributed by atoms with Crippen LogP contribution in [0.1, 0.15) is 32.1 Å². The number of rotatable bonds is 2. The molecule has 0 radical (unpaired) electrons. The fourth-order valence-electron chi connectivity index (χ4n) is 1.94. The number of alkyl halides is 1. The summed E-state index contributed by atoms with van der Waals surface area (Å²) in [5, 5.41) is 0. The van der Waals surface area contributed by atoms with Gasteiger partial charge in [-0.1, -0.05) is 22.6 Å². The van der Waals surface area contributed by atoms with Crippen molar-refractivity contribution >= 4 is 28.7 Å². The molecule has 1 fully saturated rings. The molecule has 1 saturated carbocycles. The van der Waals surface area contributed by atoms with Crippen molar-refractivity contribution in [3.8, 4) is 12.3 Å². The minimum atomic E-state index is -0.717. The number of amides is 1. The first kappa shape index (κ1) is 11.6. The second-order valence-electron chi connectivity index (χ2n) is 3.68. The van der Waals surface area contributed by atoms with Crippen molar-refractivity contribution in [2.75, 3.05) is 0 Å². The minimum absolute atomic E-state index is 0.468. The maximum absolute atomic E-state index is 10.8. The second kappa shape index (κ2) is 4.87. The van der Waals surface area contributed by atoms with Crippen LogP contribution in [0.25, 0.3) is 0 Å². The van der Waals surface area contributed by atoms with Gasteiger partial charge in [0.05, 0.1) is 0 Å². The molecule has 0 aromatic carbocycles. The van der Waals surface area contributed by atoms with Crippen LogP contribution >= 0.6 is 22.6 Å². The topological polar surface area (TPSA) is 52.3 Å². The fourth-order valence-corrected chi connectivity index (χ4v) is 3.19. The average Bonchev–Trinajstić information content (AvgIpc) is 2.02. The Bertz CT molecular complexity index is 261. The smallest absolute Gasteiger partial charge is 0.405 e. The van der Waals surface area contributed by atoms with Gasteiger partial charge < -0.3 is 10.5 Å². The van der Waals surface area contributed by atoms with Crippen molar-refractivity contribution in [2.45, 2.75) is 41.6 Å². The molecule has 1 aliphatic carbocycles. The number of terminal acetylenes is 1. The fraction of sp³-hybridized carbons (Fsp3) is 0.700. The van der Waals surface area contributed by atoms with Crippen molar-refractivity contribution in [1.29, 1.82) is 0 Å². The highest BCUT2D eigenvalue weighted by Crippen LogP contribution is 2.37. The predicted octanol–water partition coefficient (Wildman–Crippen LogP) is 2.22. The standard InChI is InChI=1S/C10H14INO2/c1-2-5-10(14-9(12)13)6-3-4-8(11)7-10/h1,8H,3-7H2,(H2,12,13). The summed E-state index contributed by atoms with van der Waals surface area (Å²) in [4.78, 5) is 10.8. The van der Waals surface area contributed by atoms with Crippen LogP contribution in [0.3, 0.4) is 0 Å². The van der Waals surface area contributed by atoms with Gasteiger partial charge in [-0.2, -0.15) is 0 Å². The largest absolute Gasteiger partial charge is 0.442 e. The molecular weight excluding hydrogens is 293 g/mol. The van der Waals surface area contributed by atoms with Gasteiger partial charge in [0, 0.05) is 10.3 Å². The Labute approximate surface area is 97.9 Å². The number of nitrogens with two attached hydrogens (primary N) is 1. The highest BCUT2D eigenvalue weighted by Gasteiger charge is 2.38. The molecule has 2 atom stereocenters. The number of halogens is 1. The summed E-state index contributed by atoms with van der Waals surface area (Å²) >= 11 is 2.37. The first-order valence-corrected chi connectivity index (χ1v) is 5.88. The highest BCUT2D eigenvalue weighted by molar-refractivity contribution is 14.1. The molecule has 0 heterocycles. The molecule has 3 nitrogen and oxygen atoms in total. The molecule has 0 spiro atoms. The molecule has 1 amide bonds. The van der Waals surface area contributed by atoms with E-state index in [1.165, 1.54) is 0 Å². The molecule has 0 aromatic heterocycles. The number of ether oxygens (including phenoxy) is 1. The molecule has 2 unspecified atom stereocenters. The molecule has 0 aliphatic heterocycles. The van der Waals surface area contributed by atoms with E-state index >= 15 is 0 Å². The van der Waals surface area contributed by atoms with Gasteiger partial charge in [-0.15, -0.1) is 12.3 Å². The minimum Gasteiger partial charge on any atom is -0.442 e. The third-order valence-electron chi connectivity index (χ3n) is 2.48. The Kier molecular flexibility index (Phi) is 4.05. The van der Waals surface area contributed by atoms with E-state index in [-0.39, 0.29) is 0 Å². The van der Waals surface area contributed by atoms with E-state index in [1.54, 1.807) is 0 Å². The van der Waals surface area contributed by atoms with E-state index in [9.17, 15) is 4.79 Å². The lowest BCUT2D eigenvalue weighted by Gasteiger charge is -2.36. The number of carbonyl (C=O) groups is 1. The van der Waals surface area contributed by atoms with Gasteiger partial charge in [0.2, 0.25) is 0 Å². The quantitative estimate of drug-likeness (QED) is 0.483. The van der Waals surface area contributed by atoms with Crippen LogP contribution in [0.2, 0.25) is 0 Å². The second-order valence-corrected chi connectivity index (χ2v) is 5.44. The Morgan fingerprint density at radius 2 is 2.50 bits per heavy atom. The lowest BCUT2D eigenvalue weighted by Crippen LogP contribution is -2.41. The lowest BCUT2D eigenvalue weighted by molar-refractivity contribution is -0.00485. The Morgan fingerprint density at radius 3 is 3.00 bits per heavy atom. The van der Waals surface area contributed by atoms with Gasteiger partial charge in [-0.05, 0) is 25.7 Å². The van der Waals surface area contributed by atoms with Crippen LogP contribution in [-0.2, 0) is 4.74 Å². The molecule has 14 heavy (non-hydrogen) atoms. The Balaban J connectivity index is 2.70. The Hall–Kier alpha value is -0.440. The SMILES string of the molecule is C#CCC1(OC(N)=O)CCCC(I)C1. The molecule has 1 rings (SSSR count). The summed E-state index contributed by atoms with van der Waals surface area (Å²) in [6.45, 7) is 0. The van der Waals surface area contributed by atoms with Crippen LogP contribution in [-0.4, -0.2) is 15.6 Å². The molecule has 0 aromatic rings. The third kappa shape index (κ3) is 3.05. The summed E-state index contributed by atoms with van der Waals surface area (Å²) in [6, 6.07) is 0. The van der Waals surface area contributed by atoms with Crippen molar-refractivity contribution in [2.24, 2.45) is 5.73 Å². The maximum Gasteiger partial charge on any atom is 0.405 e. The highest BCUT2D eigenvalue weighted by atomic mass is 127. The van der Waals surface area contributed by atoms with Crippen molar-refractivity contribution in [1.82, 2.24) is 0 Å². The maximum atomic E-state index is 10.8. The summed E-state index contributed by atoms with van der Waals surface area (Å²) in [5.74, 6) is 2.57.